The number of nitrogens with one attached hydrogen (secondary N) is 1. The van der Waals surface area contributed by atoms with Crippen LogP contribution in [0.2, 0.25) is 0 Å². The maximum Gasteiger partial charge on any atom is 0.262 e. The molecule has 2 aromatic rings. The highest BCUT2D eigenvalue weighted by Crippen LogP contribution is 2.19. The molecule has 0 bridgehead atoms. The number of carbonyl (C=O) groups is 1. The molecule has 0 aliphatic rings. The predicted molar refractivity (Wildman–Crippen MR) is 96.9 cm³/mol. The molecule has 0 aromatic heterocycles. The summed E-state index contributed by atoms with van der Waals surface area (Å²) in [7, 11) is 0. The molecule has 24 heavy (non-hydrogen) atoms. The summed E-state index contributed by atoms with van der Waals surface area (Å²) in [5.41, 5.74) is 2.92. The van der Waals surface area contributed by atoms with E-state index in [1.165, 1.54) is 5.56 Å². The van der Waals surface area contributed by atoms with Crippen molar-refractivity contribution in [3.8, 4) is 11.5 Å². The number of aryl methyl sites for hydroxylation is 2. The zero-order valence-corrected chi connectivity index (χ0v) is 14.8. The number of hydrogen-bond donors (Lipinski definition) is 1. The second kappa shape index (κ2) is 8.39. The molecule has 1 N–H and O–H groups in total. The first-order chi connectivity index (χ1) is 11.5. The molecule has 1 amide bonds. The number of carbonyl (C=O) groups excluding carboxylic acids is 1. The minimum Gasteiger partial charge on any atom is -0.491 e. The summed E-state index contributed by atoms with van der Waals surface area (Å²) < 4.78 is 11.3. The average molecular weight is 327 g/mol. The lowest BCUT2D eigenvalue weighted by Gasteiger charge is -2.13. The van der Waals surface area contributed by atoms with Crippen LogP contribution in [-0.2, 0) is 4.79 Å². The molecule has 2 rings (SSSR count). The molecule has 4 heteroatoms. The predicted octanol–water partition coefficient (Wildman–Crippen LogP) is 4.50. The van der Waals surface area contributed by atoms with Gasteiger partial charge in [0.2, 0.25) is 0 Å². The van der Waals surface area contributed by atoms with Gasteiger partial charge in [-0.05, 0) is 63.1 Å². The second-order valence-electron chi connectivity index (χ2n) is 5.97. The molecule has 0 aliphatic carbocycles. The largest absolute Gasteiger partial charge is 0.491 e. The topological polar surface area (TPSA) is 47.6 Å². The van der Waals surface area contributed by atoms with Crippen LogP contribution in [-0.4, -0.2) is 18.6 Å². The highest BCUT2D eigenvalue weighted by atomic mass is 16.5. The van der Waals surface area contributed by atoms with Gasteiger partial charge < -0.3 is 14.8 Å². The zero-order chi connectivity index (χ0) is 17.5. The molecule has 0 fully saturated rings. The Morgan fingerprint density at radius 3 is 2.46 bits per heavy atom. The summed E-state index contributed by atoms with van der Waals surface area (Å²) in [4.78, 5) is 12.0. The molecule has 2 aromatic carbocycles. The number of amides is 1. The van der Waals surface area contributed by atoms with Crippen molar-refractivity contribution in [1.82, 2.24) is 0 Å². The molecule has 0 radical (unpaired) electrons. The third-order valence-electron chi connectivity index (χ3n) is 3.74. The van der Waals surface area contributed by atoms with Gasteiger partial charge in [0.15, 0.2) is 6.61 Å². The Balaban J connectivity index is 1.85. The Morgan fingerprint density at radius 2 is 1.83 bits per heavy atom. The van der Waals surface area contributed by atoms with Gasteiger partial charge in [0.1, 0.15) is 11.5 Å². The Hall–Kier alpha value is -2.49. The lowest BCUT2D eigenvalue weighted by atomic mass is 10.1. The van der Waals surface area contributed by atoms with Crippen molar-refractivity contribution in [1.29, 1.82) is 0 Å². The van der Waals surface area contributed by atoms with Crippen molar-refractivity contribution >= 4 is 11.6 Å². The quantitative estimate of drug-likeness (QED) is 0.814. The lowest BCUT2D eigenvalue weighted by molar-refractivity contribution is -0.118. The van der Waals surface area contributed by atoms with Crippen LogP contribution in [0.3, 0.4) is 0 Å². The third-order valence-corrected chi connectivity index (χ3v) is 3.74. The normalized spacial score (nSPS) is 11.7. The monoisotopic (exact) mass is 327 g/mol. The van der Waals surface area contributed by atoms with E-state index in [4.69, 9.17) is 9.47 Å². The van der Waals surface area contributed by atoms with Crippen LogP contribution in [0.1, 0.15) is 31.4 Å². The van der Waals surface area contributed by atoms with E-state index >= 15 is 0 Å². The van der Waals surface area contributed by atoms with E-state index in [0.29, 0.717) is 0 Å². The van der Waals surface area contributed by atoms with E-state index in [9.17, 15) is 4.79 Å². The van der Waals surface area contributed by atoms with Gasteiger partial charge in [-0.25, -0.2) is 0 Å². The van der Waals surface area contributed by atoms with Gasteiger partial charge >= 0.3 is 0 Å². The van der Waals surface area contributed by atoms with Gasteiger partial charge in [0.05, 0.1) is 6.10 Å². The first kappa shape index (κ1) is 17.9. The summed E-state index contributed by atoms with van der Waals surface area (Å²) in [5.74, 6) is 1.34. The standard InChI is InChI=1S/C20H25NO3/c1-5-16(4)24-18-9-7-17(8-10-18)21-20(22)13-23-19-11-6-14(2)12-15(19)3/h6-12,16H,5,13H2,1-4H3,(H,21,22). The van der Waals surface area contributed by atoms with Crippen LogP contribution in [0, 0.1) is 13.8 Å². The Kier molecular flexibility index (Phi) is 6.24. The molecular weight excluding hydrogens is 302 g/mol. The molecule has 0 spiro atoms. The van der Waals surface area contributed by atoms with E-state index in [-0.39, 0.29) is 18.6 Å². The van der Waals surface area contributed by atoms with Gasteiger partial charge in [0.25, 0.3) is 5.91 Å². The van der Waals surface area contributed by atoms with Crippen molar-refractivity contribution in [3.05, 3.63) is 53.6 Å². The summed E-state index contributed by atoms with van der Waals surface area (Å²) in [6.07, 6.45) is 1.13. The maximum atomic E-state index is 12.0. The van der Waals surface area contributed by atoms with Crippen molar-refractivity contribution < 1.29 is 14.3 Å². The van der Waals surface area contributed by atoms with Gasteiger partial charge in [-0.1, -0.05) is 24.6 Å². The minimum atomic E-state index is -0.189. The fourth-order valence-electron chi connectivity index (χ4n) is 2.23. The summed E-state index contributed by atoms with van der Waals surface area (Å²) >= 11 is 0. The first-order valence-electron chi connectivity index (χ1n) is 8.24. The number of benzene rings is 2. The summed E-state index contributed by atoms with van der Waals surface area (Å²) in [5, 5.41) is 2.82. The lowest BCUT2D eigenvalue weighted by Crippen LogP contribution is -2.20. The summed E-state index contributed by atoms with van der Waals surface area (Å²) in [6, 6.07) is 13.2. The number of rotatable bonds is 7. The fourth-order valence-corrected chi connectivity index (χ4v) is 2.23. The minimum absolute atomic E-state index is 0.0188. The molecule has 0 heterocycles. The SMILES string of the molecule is CCC(C)Oc1ccc(NC(=O)COc2ccc(C)cc2C)cc1. The molecule has 0 aliphatic heterocycles. The van der Waals surface area contributed by atoms with E-state index in [0.717, 1.165) is 29.2 Å². The average Bonchev–Trinajstić information content (AvgIpc) is 2.55. The van der Waals surface area contributed by atoms with Crippen molar-refractivity contribution in [2.45, 2.75) is 40.2 Å². The zero-order valence-electron chi connectivity index (χ0n) is 14.8. The van der Waals surface area contributed by atoms with E-state index in [1.54, 1.807) is 0 Å². The van der Waals surface area contributed by atoms with Crippen LogP contribution < -0.4 is 14.8 Å². The molecular formula is C20H25NO3. The first-order valence-corrected chi connectivity index (χ1v) is 8.24. The van der Waals surface area contributed by atoms with Gasteiger partial charge in [0, 0.05) is 5.69 Å². The molecule has 128 valence electrons. The molecule has 4 nitrogen and oxygen atoms in total. The molecule has 0 saturated carbocycles. The van der Waals surface area contributed by atoms with Crippen LogP contribution in [0.4, 0.5) is 5.69 Å². The summed E-state index contributed by atoms with van der Waals surface area (Å²) in [6.45, 7) is 8.08. The van der Waals surface area contributed by atoms with Crippen molar-refractivity contribution in [3.63, 3.8) is 0 Å². The van der Waals surface area contributed by atoms with Crippen molar-refractivity contribution in [2.24, 2.45) is 0 Å². The smallest absolute Gasteiger partial charge is 0.262 e. The van der Waals surface area contributed by atoms with E-state index in [1.807, 2.05) is 63.2 Å². The Bertz CT molecular complexity index is 680. The fraction of sp³-hybridized carbons (Fsp3) is 0.350. The number of anilines is 1. The number of hydrogen-bond acceptors (Lipinski definition) is 3. The highest BCUT2D eigenvalue weighted by molar-refractivity contribution is 5.91. The van der Waals surface area contributed by atoms with Gasteiger partial charge in [-0.3, -0.25) is 4.79 Å². The second-order valence-corrected chi connectivity index (χ2v) is 5.97. The maximum absolute atomic E-state index is 12.0. The van der Waals surface area contributed by atoms with Crippen LogP contribution in [0.15, 0.2) is 42.5 Å². The van der Waals surface area contributed by atoms with Crippen molar-refractivity contribution in [2.75, 3.05) is 11.9 Å². The number of ether oxygens (including phenoxy) is 2. The van der Waals surface area contributed by atoms with Crippen LogP contribution in [0.25, 0.3) is 0 Å². The van der Waals surface area contributed by atoms with E-state index in [2.05, 4.69) is 12.2 Å². The van der Waals surface area contributed by atoms with Crippen LogP contribution in [0.5, 0.6) is 11.5 Å². The van der Waals surface area contributed by atoms with E-state index < -0.39 is 0 Å². The van der Waals surface area contributed by atoms with Gasteiger partial charge in [-0.15, -0.1) is 0 Å². The van der Waals surface area contributed by atoms with Crippen LogP contribution >= 0.6 is 0 Å². The molecule has 1 unspecified atom stereocenters. The third kappa shape index (κ3) is 5.30. The van der Waals surface area contributed by atoms with Gasteiger partial charge in [-0.2, -0.15) is 0 Å². The Morgan fingerprint density at radius 1 is 1.12 bits per heavy atom. The Labute approximate surface area is 143 Å². The molecule has 0 saturated heterocycles. The highest BCUT2D eigenvalue weighted by Gasteiger charge is 2.06. The molecule has 1 atom stereocenters.